The number of ether oxygens (including phenoxy) is 3. The molecule has 0 radical (unpaired) electrons. The molecule has 0 bridgehead atoms. The second kappa shape index (κ2) is 11.4. The molecule has 1 fully saturated rings. The molecule has 1 aliphatic rings. The molecule has 2 aromatic rings. The number of likely N-dealkylation sites (tertiary alicyclic amines) is 1. The highest BCUT2D eigenvalue weighted by atomic mass is 35.5. The van der Waals surface area contributed by atoms with Crippen molar-refractivity contribution in [1.82, 2.24) is 9.88 Å². The molecule has 182 valence electrons. The smallest absolute Gasteiger partial charge is 0.410 e. The molecule has 7 heteroatoms. The van der Waals surface area contributed by atoms with Gasteiger partial charge < -0.3 is 19.1 Å². The number of halogens is 1. The van der Waals surface area contributed by atoms with Gasteiger partial charge in [0.2, 0.25) is 5.88 Å². The number of fused-ring (bicyclic) bond motifs is 1. The lowest BCUT2D eigenvalue weighted by Gasteiger charge is -2.33. The van der Waals surface area contributed by atoms with E-state index >= 15 is 0 Å². The third kappa shape index (κ3) is 7.00. The predicted molar refractivity (Wildman–Crippen MR) is 137 cm³/mol. The Kier molecular flexibility index (Phi) is 8.61. The number of hydrogen-bond donors (Lipinski definition) is 0. The van der Waals surface area contributed by atoms with Gasteiger partial charge in [0.25, 0.3) is 0 Å². The number of rotatable bonds is 7. The molecule has 1 aliphatic heterocycles. The van der Waals surface area contributed by atoms with Crippen molar-refractivity contribution in [3.63, 3.8) is 0 Å². The van der Waals surface area contributed by atoms with Crippen molar-refractivity contribution >= 4 is 28.5 Å². The van der Waals surface area contributed by atoms with Gasteiger partial charge >= 0.3 is 6.09 Å². The third-order valence-corrected chi connectivity index (χ3v) is 5.66. The molecule has 6 nitrogen and oxygen atoms in total. The van der Waals surface area contributed by atoms with Gasteiger partial charge in [0.1, 0.15) is 24.1 Å². The Bertz CT molecular complexity index is 1080. The molecule has 1 aromatic carbocycles. The van der Waals surface area contributed by atoms with Crippen molar-refractivity contribution in [3.05, 3.63) is 65.9 Å². The number of hydrogen-bond acceptors (Lipinski definition) is 5. The van der Waals surface area contributed by atoms with E-state index in [0.717, 1.165) is 16.3 Å². The topological polar surface area (TPSA) is 60.9 Å². The minimum absolute atomic E-state index is 0.0277. The highest BCUT2D eigenvalue weighted by Crippen LogP contribution is 2.35. The molecule has 0 unspecified atom stereocenters. The van der Waals surface area contributed by atoms with E-state index in [-0.39, 0.29) is 12.2 Å². The van der Waals surface area contributed by atoms with Crippen molar-refractivity contribution in [2.45, 2.75) is 52.2 Å². The summed E-state index contributed by atoms with van der Waals surface area (Å²) < 4.78 is 17.7. The van der Waals surface area contributed by atoms with Crippen LogP contribution in [0.3, 0.4) is 0 Å². The van der Waals surface area contributed by atoms with E-state index in [9.17, 15) is 4.79 Å². The number of carbonyl (C=O) groups is 1. The molecule has 0 saturated carbocycles. The fourth-order valence-corrected chi connectivity index (χ4v) is 3.79. The van der Waals surface area contributed by atoms with Crippen LogP contribution in [0, 0.1) is 0 Å². The first kappa shape index (κ1) is 25.6. The van der Waals surface area contributed by atoms with Crippen LogP contribution >= 0.6 is 11.6 Å². The first-order chi connectivity index (χ1) is 16.2. The summed E-state index contributed by atoms with van der Waals surface area (Å²) in [7, 11) is 0. The number of carbonyl (C=O) groups excluding carboxylic acids is 1. The highest BCUT2D eigenvalue weighted by molar-refractivity contribution is 6.33. The highest BCUT2D eigenvalue weighted by Gasteiger charge is 2.28. The molecule has 0 N–H and O–H groups in total. The molecule has 3 rings (SSSR count). The number of allylic oxidation sites excluding steroid dienone is 3. The number of pyridine rings is 1. The van der Waals surface area contributed by atoms with Crippen LogP contribution < -0.4 is 9.47 Å². The molecule has 1 amide bonds. The zero-order valence-corrected chi connectivity index (χ0v) is 21.1. The van der Waals surface area contributed by atoms with Gasteiger partial charge in [-0.05, 0) is 56.9 Å². The molecular weight excluding hydrogens is 452 g/mol. The van der Waals surface area contributed by atoms with Gasteiger partial charge in [-0.25, -0.2) is 9.78 Å². The van der Waals surface area contributed by atoms with Crippen LogP contribution in [0.5, 0.6) is 11.6 Å². The maximum Gasteiger partial charge on any atom is 0.410 e. The van der Waals surface area contributed by atoms with Crippen LogP contribution in [0.25, 0.3) is 10.8 Å². The van der Waals surface area contributed by atoms with E-state index in [4.69, 9.17) is 25.8 Å². The minimum Gasteiger partial charge on any atom is -0.489 e. The Morgan fingerprint density at radius 2 is 2.03 bits per heavy atom. The number of aromatic nitrogens is 1. The van der Waals surface area contributed by atoms with E-state index in [0.29, 0.717) is 49.2 Å². The average molecular weight is 485 g/mol. The fraction of sp³-hybridized carbons (Fsp3) is 0.407. The van der Waals surface area contributed by atoms with Crippen molar-refractivity contribution in [3.8, 4) is 11.6 Å². The summed E-state index contributed by atoms with van der Waals surface area (Å²) in [5.74, 6) is 1.13. The Hall–Kier alpha value is -2.99. The third-order valence-electron chi connectivity index (χ3n) is 5.36. The maximum absolute atomic E-state index is 12.3. The number of nitrogens with zero attached hydrogens (tertiary/aromatic N) is 2. The van der Waals surface area contributed by atoms with Crippen LogP contribution in [0.1, 0.15) is 40.5 Å². The van der Waals surface area contributed by atoms with Gasteiger partial charge in [0.15, 0.2) is 0 Å². The van der Waals surface area contributed by atoms with E-state index < -0.39 is 5.60 Å². The molecular formula is C27H33ClN2O4. The van der Waals surface area contributed by atoms with Gasteiger partial charge in [-0.15, -0.1) is 0 Å². The first-order valence-corrected chi connectivity index (χ1v) is 11.9. The Labute approximate surface area is 206 Å². The normalized spacial score (nSPS) is 15.6. The predicted octanol–water partition coefficient (Wildman–Crippen LogP) is 6.73. The summed E-state index contributed by atoms with van der Waals surface area (Å²) in [5.41, 5.74) is 0.513. The van der Waals surface area contributed by atoms with Crippen LogP contribution in [0.4, 0.5) is 4.79 Å². The van der Waals surface area contributed by atoms with Crippen molar-refractivity contribution in [2.24, 2.45) is 0 Å². The molecule has 34 heavy (non-hydrogen) atoms. The van der Waals surface area contributed by atoms with E-state index in [1.165, 1.54) is 0 Å². The summed E-state index contributed by atoms with van der Waals surface area (Å²) in [6, 6.07) is 5.66. The average Bonchev–Trinajstić information content (AvgIpc) is 2.79. The molecule has 0 aliphatic carbocycles. The SMILES string of the molecule is C=C/C=C\C(=C/C)COc1nccc2cc(OC3CCN(C(=O)OC(C)(C)C)CC3)c(Cl)cc12. The van der Waals surface area contributed by atoms with E-state index in [2.05, 4.69) is 11.6 Å². The van der Waals surface area contributed by atoms with Gasteiger partial charge in [0.05, 0.1) is 5.02 Å². The van der Waals surface area contributed by atoms with Gasteiger partial charge in [-0.1, -0.05) is 42.5 Å². The monoisotopic (exact) mass is 484 g/mol. The summed E-state index contributed by atoms with van der Waals surface area (Å²) in [4.78, 5) is 18.4. The lowest BCUT2D eigenvalue weighted by molar-refractivity contribution is 0.0127. The summed E-state index contributed by atoms with van der Waals surface area (Å²) >= 11 is 6.58. The molecule has 1 saturated heterocycles. The fourth-order valence-electron chi connectivity index (χ4n) is 3.59. The van der Waals surface area contributed by atoms with E-state index in [1.54, 1.807) is 17.2 Å². The molecule has 0 spiro atoms. The number of piperidine rings is 1. The quantitative estimate of drug-likeness (QED) is 0.407. The number of amides is 1. The second-order valence-corrected chi connectivity index (χ2v) is 9.56. The van der Waals surface area contributed by atoms with Gasteiger partial charge in [0, 0.05) is 37.5 Å². The zero-order chi connectivity index (χ0) is 24.7. The minimum atomic E-state index is -0.503. The zero-order valence-electron chi connectivity index (χ0n) is 20.3. The van der Waals surface area contributed by atoms with Crippen LogP contribution in [-0.4, -0.2) is 47.4 Å². The molecule has 0 atom stereocenters. The standard InChI is InChI=1S/C27H33ClN2O4/c1-6-8-9-19(7-2)18-32-25-22-17-23(28)24(16-20(22)10-13-29-25)33-21-11-14-30(15-12-21)26(31)34-27(3,4)5/h6-10,13,16-17,21H,1,11-12,14-15,18H2,2-5H3/b9-8-,19-7+. The number of benzene rings is 1. The van der Waals surface area contributed by atoms with Gasteiger partial charge in [-0.3, -0.25) is 0 Å². The van der Waals surface area contributed by atoms with Crippen LogP contribution in [-0.2, 0) is 4.74 Å². The Morgan fingerprint density at radius 1 is 1.29 bits per heavy atom. The van der Waals surface area contributed by atoms with Crippen molar-refractivity contribution in [2.75, 3.05) is 19.7 Å². The first-order valence-electron chi connectivity index (χ1n) is 11.5. The van der Waals surface area contributed by atoms with Crippen LogP contribution in [0.15, 0.2) is 60.9 Å². The summed E-state index contributed by atoms with van der Waals surface area (Å²) in [6.07, 6.45) is 10.4. The van der Waals surface area contributed by atoms with Crippen LogP contribution in [0.2, 0.25) is 5.02 Å². The largest absolute Gasteiger partial charge is 0.489 e. The Morgan fingerprint density at radius 3 is 2.68 bits per heavy atom. The maximum atomic E-state index is 12.3. The molecule has 2 heterocycles. The Balaban J connectivity index is 1.66. The van der Waals surface area contributed by atoms with Crippen molar-refractivity contribution < 1.29 is 19.0 Å². The summed E-state index contributed by atoms with van der Waals surface area (Å²) in [5, 5.41) is 2.25. The lowest BCUT2D eigenvalue weighted by Crippen LogP contribution is -2.44. The summed E-state index contributed by atoms with van der Waals surface area (Å²) in [6.45, 7) is 12.8. The van der Waals surface area contributed by atoms with Gasteiger partial charge in [-0.2, -0.15) is 0 Å². The second-order valence-electron chi connectivity index (χ2n) is 9.15. The van der Waals surface area contributed by atoms with Crippen molar-refractivity contribution in [1.29, 1.82) is 0 Å². The lowest BCUT2D eigenvalue weighted by atomic mass is 10.1. The molecule has 1 aromatic heterocycles. The van der Waals surface area contributed by atoms with E-state index in [1.807, 2.05) is 64.1 Å².